The quantitative estimate of drug-likeness (QED) is 0.865. The van der Waals surface area contributed by atoms with E-state index in [2.05, 4.69) is 72.3 Å². The van der Waals surface area contributed by atoms with Crippen LogP contribution in [0.15, 0.2) is 34.8 Å². The van der Waals surface area contributed by atoms with E-state index in [0.29, 0.717) is 0 Å². The van der Waals surface area contributed by atoms with Crippen molar-refractivity contribution < 1.29 is 4.74 Å². The number of ether oxygens (including phenoxy) is 1. The zero-order chi connectivity index (χ0) is 15.6. The number of hydrogen-bond donors (Lipinski definition) is 1. The van der Waals surface area contributed by atoms with Crippen LogP contribution in [0, 0.1) is 20.8 Å². The van der Waals surface area contributed by atoms with E-state index in [1.165, 1.54) is 22.3 Å². The highest BCUT2D eigenvalue weighted by Gasteiger charge is 2.16. The van der Waals surface area contributed by atoms with Crippen molar-refractivity contribution in [1.29, 1.82) is 0 Å². The Morgan fingerprint density at radius 3 is 2.29 bits per heavy atom. The van der Waals surface area contributed by atoms with Crippen LogP contribution in [0.2, 0.25) is 0 Å². The Hall–Kier alpha value is -1.32. The highest BCUT2D eigenvalue weighted by Crippen LogP contribution is 2.31. The third kappa shape index (κ3) is 3.30. The largest absolute Gasteiger partial charge is 0.496 e. The number of hydrogen-bond acceptors (Lipinski definition) is 2. The monoisotopic (exact) mass is 347 g/mol. The van der Waals surface area contributed by atoms with Crippen LogP contribution < -0.4 is 10.1 Å². The average molecular weight is 348 g/mol. The first-order valence-electron chi connectivity index (χ1n) is 7.06. The minimum absolute atomic E-state index is 0.182. The van der Waals surface area contributed by atoms with Crippen LogP contribution >= 0.6 is 15.9 Å². The van der Waals surface area contributed by atoms with Crippen LogP contribution in [0.4, 0.5) is 0 Å². The van der Waals surface area contributed by atoms with Crippen LogP contribution in [-0.4, -0.2) is 14.2 Å². The number of methoxy groups -OCH3 is 1. The molecule has 2 rings (SSSR count). The molecule has 0 amide bonds. The van der Waals surface area contributed by atoms with Crippen LogP contribution in [0.25, 0.3) is 0 Å². The van der Waals surface area contributed by atoms with Crippen molar-refractivity contribution >= 4 is 15.9 Å². The van der Waals surface area contributed by atoms with Gasteiger partial charge < -0.3 is 10.1 Å². The van der Waals surface area contributed by atoms with Crippen molar-refractivity contribution in [3.8, 4) is 5.75 Å². The zero-order valence-corrected chi connectivity index (χ0v) is 14.8. The molecule has 0 aliphatic carbocycles. The molecule has 0 aliphatic heterocycles. The van der Waals surface area contributed by atoms with Gasteiger partial charge in [0.25, 0.3) is 0 Å². The summed E-state index contributed by atoms with van der Waals surface area (Å²) in [7, 11) is 3.72. The highest BCUT2D eigenvalue weighted by atomic mass is 79.9. The van der Waals surface area contributed by atoms with E-state index < -0.39 is 0 Å². The van der Waals surface area contributed by atoms with Crippen LogP contribution in [0.1, 0.15) is 33.9 Å². The second-order valence-electron chi connectivity index (χ2n) is 5.41. The van der Waals surface area contributed by atoms with Crippen LogP contribution in [0.5, 0.6) is 5.75 Å². The normalized spacial score (nSPS) is 12.3. The maximum Gasteiger partial charge on any atom is 0.122 e. The predicted octanol–water partition coefficient (Wildman–Crippen LogP) is 4.69. The Kier molecular flexibility index (Phi) is 5.07. The molecule has 2 aromatic rings. The molecule has 0 fully saturated rings. The van der Waals surface area contributed by atoms with Crippen molar-refractivity contribution in [2.24, 2.45) is 0 Å². The Morgan fingerprint density at radius 2 is 1.71 bits per heavy atom. The fraction of sp³-hybridized carbons (Fsp3) is 0.333. The molecule has 1 unspecified atom stereocenters. The first-order chi connectivity index (χ1) is 9.97. The second-order valence-corrected chi connectivity index (χ2v) is 6.26. The van der Waals surface area contributed by atoms with E-state index in [4.69, 9.17) is 4.74 Å². The molecule has 0 aliphatic rings. The lowest BCUT2D eigenvalue weighted by molar-refractivity contribution is 0.411. The lowest BCUT2D eigenvalue weighted by Gasteiger charge is -2.22. The topological polar surface area (TPSA) is 21.3 Å². The van der Waals surface area contributed by atoms with Gasteiger partial charge in [-0.15, -0.1) is 0 Å². The molecule has 2 nitrogen and oxygen atoms in total. The minimum Gasteiger partial charge on any atom is -0.496 e. The van der Waals surface area contributed by atoms with Gasteiger partial charge in [-0.25, -0.2) is 0 Å². The summed E-state index contributed by atoms with van der Waals surface area (Å²) in [5, 5.41) is 3.43. The Labute approximate surface area is 135 Å². The third-order valence-corrected chi connectivity index (χ3v) is 4.79. The van der Waals surface area contributed by atoms with E-state index in [1.54, 1.807) is 7.11 Å². The number of nitrogens with one attached hydrogen (secondary N) is 1. The van der Waals surface area contributed by atoms with Crippen molar-refractivity contribution in [1.82, 2.24) is 5.32 Å². The first-order valence-corrected chi connectivity index (χ1v) is 7.85. The Morgan fingerprint density at radius 1 is 1.00 bits per heavy atom. The second kappa shape index (κ2) is 6.63. The molecule has 0 aromatic heterocycles. The summed E-state index contributed by atoms with van der Waals surface area (Å²) >= 11 is 3.56. The van der Waals surface area contributed by atoms with Crippen molar-refractivity contribution in [2.45, 2.75) is 26.8 Å². The number of halogens is 1. The van der Waals surface area contributed by atoms with Gasteiger partial charge in [-0.3, -0.25) is 0 Å². The molecule has 2 aromatic carbocycles. The zero-order valence-electron chi connectivity index (χ0n) is 13.3. The summed E-state index contributed by atoms with van der Waals surface area (Å²) in [6, 6.07) is 11.0. The molecule has 3 heteroatoms. The number of rotatable bonds is 4. The van der Waals surface area contributed by atoms with Crippen molar-refractivity contribution in [3.05, 3.63) is 62.6 Å². The molecular formula is C18H22BrNO. The molecule has 1 atom stereocenters. The first kappa shape index (κ1) is 16.1. The molecule has 21 heavy (non-hydrogen) atoms. The summed E-state index contributed by atoms with van der Waals surface area (Å²) in [5.74, 6) is 0.943. The lowest BCUT2D eigenvalue weighted by Crippen LogP contribution is -2.19. The van der Waals surface area contributed by atoms with E-state index in [9.17, 15) is 0 Å². The van der Waals surface area contributed by atoms with Crippen molar-refractivity contribution in [2.75, 3.05) is 14.2 Å². The van der Waals surface area contributed by atoms with Gasteiger partial charge >= 0.3 is 0 Å². The maximum absolute atomic E-state index is 5.41. The van der Waals surface area contributed by atoms with E-state index >= 15 is 0 Å². The lowest BCUT2D eigenvalue weighted by atomic mass is 9.92. The molecule has 0 radical (unpaired) electrons. The molecule has 0 saturated carbocycles. The predicted molar refractivity (Wildman–Crippen MR) is 92.2 cm³/mol. The van der Waals surface area contributed by atoms with E-state index in [-0.39, 0.29) is 6.04 Å². The van der Waals surface area contributed by atoms with Gasteiger partial charge in [-0.2, -0.15) is 0 Å². The summed E-state index contributed by atoms with van der Waals surface area (Å²) < 4.78 is 6.55. The summed E-state index contributed by atoms with van der Waals surface area (Å²) in [6.07, 6.45) is 0. The molecule has 1 N–H and O–H groups in total. The average Bonchev–Trinajstić information content (AvgIpc) is 2.46. The third-order valence-electron chi connectivity index (χ3n) is 3.90. The number of aryl methyl sites for hydroxylation is 3. The molecule has 0 spiro atoms. The Balaban J connectivity index is 2.50. The fourth-order valence-corrected chi connectivity index (χ4v) is 2.94. The minimum atomic E-state index is 0.182. The summed E-state index contributed by atoms with van der Waals surface area (Å²) in [4.78, 5) is 0. The van der Waals surface area contributed by atoms with Gasteiger partial charge in [0.15, 0.2) is 0 Å². The molecule has 0 bridgehead atoms. The molecule has 0 heterocycles. The van der Waals surface area contributed by atoms with Crippen molar-refractivity contribution in [3.63, 3.8) is 0 Å². The summed E-state index contributed by atoms with van der Waals surface area (Å²) in [6.45, 7) is 6.33. The molecular weight excluding hydrogens is 326 g/mol. The Bertz CT molecular complexity index is 652. The number of benzene rings is 2. The fourth-order valence-electron chi connectivity index (χ4n) is 2.69. The standard InChI is InChI=1S/C18H22BrNO/c1-11-10-17(21-5)13(3)9-15(11)18(20-4)14-6-7-16(19)12(2)8-14/h6-10,18,20H,1-5H3. The summed E-state index contributed by atoms with van der Waals surface area (Å²) in [5.41, 5.74) is 6.20. The van der Waals surface area contributed by atoms with Gasteiger partial charge in [0.1, 0.15) is 5.75 Å². The smallest absolute Gasteiger partial charge is 0.122 e. The SMILES string of the molecule is CNC(c1ccc(Br)c(C)c1)c1cc(C)c(OC)cc1C. The van der Waals surface area contributed by atoms with Crippen LogP contribution in [-0.2, 0) is 0 Å². The van der Waals surface area contributed by atoms with Gasteiger partial charge in [-0.1, -0.05) is 34.1 Å². The van der Waals surface area contributed by atoms with Gasteiger partial charge in [0, 0.05) is 4.47 Å². The van der Waals surface area contributed by atoms with E-state index in [0.717, 1.165) is 15.8 Å². The van der Waals surface area contributed by atoms with Gasteiger partial charge in [0.2, 0.25) is 0 Å². The van der Waals surface area contributed by atoms with Gasteiger partial charge in [-0.05, 0) is 67.8 Å². The van der Waals surface area contributed by atoms with E-state index in [1.807, 2.05) is 7.05 Å². The van der Waals surface area contributed by atoms with Gasteiger partial charge in [0.05, 0.1) is 13.2 Å². The maximum atomic E-state index is 5.41. The highest BCUT2D eigenvalue weighted by molar-refractivity contribution is 9.10. The molecule has 0 saturated heterocycles. The molecule has 112 valence electrons. The van der Waals surface area contributed by atoms with Crippen LogP contribution in [0.3, 0.4) is 0 Å².